The number of rotatable bonds is 0. The molecule has 1 aliphatic carbocycles. The van der Waals surface area contributed by atoms with E-state index in [-0.39, 0.29) is 0 Å². The van der Waals surface area contributed by atoms with Gasteiger partial charge in [-0.25, -0.2) is 0 Å². The molecule has 0 fully saturated rings. The number of aryl methyl sites for hydroxylation is 1. The van der Waals surface area contributed by atoms with E-state index in [0.29, 0.717) is 0 Å². The number of fused-ring (bicyclic) bond motifs is 3. The Balaban J connectivity index is 2.31. The van der Waals surface area contributed by atoms with E-state index in [1.54, 1.807) is 0 Å². The minimum Gasteiger partial charge on any atom is -0.278 e. The van der Waals surface area contributed by atoms with Gasteiger partial charge in [-0.3, -0.25) is 5.10 Å². The van der Waals surface area contributed by atoms with Crippen LogP contribution in [0.5, 0.6) is 0 Å². The van der Waals surface area contributed by atoms with Gasteiger partial charge < -0.3 is 0 Å². The van der Waals surface area contributed by atoms with Crippen LogP contribution in [0.2, 0.25) is 0 Å². The lowest BCUT2D eigenvalue weighted by Gasteiger charge is -1.99. The second kappa shape index (κ2) is 2.22. The molecule has 0 spiro atoms. The molecular formula is C11H10N2. The van der Waals surface area contributed by atoms with Crippen molar-refractivity contribution in [2.75, 3.05) is 0 Å². The lowest BCUT2D eigenvalue weighted by molar-refractivity contribution is 1.09. The van der Waals surface area contributed by atoms with Crippen molar-refractivity contribution in [3.63, 3.8) is 0 Å². The molecule has 1 heterocycles. The first-order valence-electron chi connectivity index (χ1n) is 4.47. The molecule has 0 atom stereocenters. The lowest BCUT2D eigenvalue weighted by atomic mass is 10.1. The minimum absolute atomic E-state index is 1.03. The highest BCUT2D eigenvalue weighted by Gasteiger charge is 2.19. The molecule has 0 radical (unpaired) electrons. The van der Waals surface area contributed by atoms with Gasteiger partial charge in [-0.15, -0.1) is 0 Å². The zero-order chi connectivity index (χ0) is 8.84. The number of aromatic nitrogens is 2. The molecule has 3 rings (SSSR count). The average Bonchev–Trinajstić information content (AvgIpc) is 2.64. The van der Waals surface area contributed by atoms with Gasteiger partial charge >= 0.3 is 0 Å². The summed E-state index contributed by atoms with van der Waals surface area (Å²) >= 11 is 0. The molecule has 0 saturated carbocycles. The third-order valence-electron chi connectivity index (χ3n) is 2.63. The van der Waals surface area contributed by atoms with Crippen molar-refractivity contribution in [1.29, 1.82) is 0 Å². The van der Waals surface area contributed by atoms with E-state index in [0.717, 1.165) is 6.42 Å². The quantitative estimate of drug-likeness (QED) is 0.551. The van der Waals surface area contributed by atoms with E-state index in [2.05, 4.69) is 35.3 Å². The van der Waals surface area contributed by atoms with E-state index in [1.807, 2.05) is 6.20 Å². The Morgan fingerprint density at radius 3 is 3.15 bits per heavy atom. The third kappa shape index (κ3) is 0.856. The van der Waals surface area contributed by atoms with Crippen molar-refractivity contribution in [2.45, 2.75) is 13.3 Å². The summed E-state index contributed by atoms with van der Waals surface area (Å²) in [5.74, 6) is 0. The molecule has 64 valence electrons. The maximum atomic E-state index is 4.05. The van der Waals surface area contributed by atoms with Crippen LogP contribution in [0, 0.1) is 6.92 Å². The largest absolute Gasteiger partial charge is 0.278 e. The van der Waals surface area contributed by atoms with Crippen molar-refractivity contribution in [3.8, 4) is 11.3 Å². The van der Waals surface area contributed by atoms with E-state index in [4.69, 9.17) is 0 Å². The van der Waals surface area contributed by atoms with Crippen LogP contribution in [-0.2, 0) is 6.42 Å². The molecule has 1 N–H and O–H groups in total. The van der Waals surface area contributed by atoms with Gasteiger partial charge in [-0.1, -0.05) is 17.7 Å². The first-order chi connectivity index (χ1) is 6.34. The predicted octanol–water partition coefficient (Wildman–Crippen LogP) is 2.29. The molecule has 0 amide bonds. The highest BCUT2D eigenvalue weighted by atomic mass is 15.1. The fraction of sp³-hybridized carbons (Fsp3) is 0.182. The summed E-state index contributed by atoms with van der Waals surface area (Å²) in [5, 5.41) is 7.10. The maximum Gasteiger partial charge on any atom is 0.0688 e. The standard InChI is InChI=1S/C11H10N2/c1-7-2-3-8-5-9-6-12-13-11(9)10(8)4-7/h2-4,6H,5H2,1H3,(H,12,13). The van der Waals surface area contributed by atoms with Gasteiger partial charge in [-0.05, 0) is 18.6 Å². The monoisotopic (exact) mass is 170 g/mol. The summed E-state index contributed by atoms with van der Waals surface area (Å²) in [4.78, 5) is 0. The van der Waals surface area contributed by atoms with Gasteiger partial charge in [0.2, 0.25) is 0 Å². The molecule has 0 unspecified atom stereocenters. The maximum absolute atomic E-state index is 4.05. The van der Waals surface area contributed by atoms with E-state index >= 15 is 0 Å². The molecule has 1 aromatic heterocycles. The zero-order valence-corrected chi connectivity index (χ0v) is 7.46. The number of hydrogen-bond acceptors (Lipinski definition) is 1. The Hall–Kier alpha value is -1.57. The normalized spacial score (nSPS) is 12.7. The summed E-state index contributed by atoms with van der Waals surface area (Å²) in [6.07, 6.45) is 2.95. The van der Waals surface area contributed by atoms with Crippen LogP contribution in [0.1, 0.15) is 16.7 Å². The smallest absolute Gasteiger partial charge is 0.0688 e. The van der Waals surface area contributed by atoms with Crippen LogP contribution in [0.4, 0.5) is 0 Å². The molecule has 2 heteroatoms. The number of nitrogens with one attached hydrogen (secondary N) is 1. The molecule has 0 bridgehead atoms. The Kier molecular flexibility index (Phi) is 1.18. The first kappa shape index (κ1) is 6.89. The summed E-state index contributed by atoms with van der Waals surface area (Å²) in [6, 6.07) is 6.59. The summed E-state index contributed by atoms with van der Waals surface area (Å²) in [7, 11) is 0. The zero-order valence-electron chi connectivity index (χ0n) is 7.46. The molecular weight excluding hydrogens is 160 g/mol. The van der Waals surface area contributed by atoms with Gasteiger partial charge in [0.15, 0.2) is 0 Å². The molecule has 2 nitrogen and oxygen atoms in total. The van der Waals surface area contributed by atoms with Crippen molar-refractivity contribution < 1.29 is 0 Å². The van der Waals surface area contributed by atoms with Gasteiger partial charge in [0.25, 0.3) is 0 Å². The van der Waals surface area contributed by atoms with E-state index in [1.165, 1.54) is 27.9 Å². The van der Waals surface area contributed by atoms with Crippen molar-refractivity contribution >= 4 is 0 Å². The Bertz CT molecular complexity index is 469. The highest BCUT2D eigenvalue weighted by Crippen LogP contribution is 2.34. The lowest BCUT2D eigenvalue weighted by Crippen LogP contribution is -1.82. The molecule has 0 aliphatic heterocycles. The van der Waals surface area contributed by atoms with E-state index in [9.17, 15) is 0 Å². The van der Waals surface area contributed by atoms with Gasteiger partial charge in [0.05, 0.1) is 11.9 Å². The minimum atomic E-state index is 1.03. The Morgan fingerprint density at radius 1 is 1.31 bits per heavy atom. The van der Waals surface area contributed by atoms with Gasteiger partial charge in [-0.2, -0.15) is 5.10 Å². The van der Waals surface area contributed by atoms with Crippen molar-refractivity contribution in [3.05, 3.63) is 41.1 Å². The molecule has 1 aromatic carbocycles. The van der Waals surface area contributed by atoms with E-state index < -0.39 is 0 Å². The molecule has 1 aliphatic rings. The topological polar surface area (TPSA) is 28.7 Å². The highest BCUT2D eigenvalue weighted by molar-refractivity contribution is 5.73. The van der Waals surface area contributed by atoms with Crippen LogP contribution in [-0.4, -0.2) is 10.2 Å². The predicted molar refractivity (Wildman–Crippen MR) is 51.6 cm³/mol. The number of hydrogen-bond donors (Lipinski definition) is 1. The van der Waals surface area contributed by atoms with Crippen molar-refractivity contribution in [1.82, 2.24) is 10.2 Å². The van der Waals surface area contributed by atoms with Crippen LogP contribution in [0.25, 0.3) is 11.3 Å². The SMILES string of the molecule is Cc1ccc2c(c1)-c1[nH]ncc1C2. The van der Waals surface area contributed by atoms with Crippen molar-refractivity contribution in [2.24, 2.45) is 0 Å². The van der Waals surface area contributed by atoms with Crippen LogP contribution in [0.3, 0.4) is 0 Å². The Morgan fingerprint density at radius 2 is 2.23 bits per heavy atom. The summed E-state index contributed by atoms with van der Waals surface area (Å²) in [6.45, 7) is 2.12. The second-order valence-corrected chi connectivity index (χ2v) is 3.61. The number of aromatic amines is 1. The Labute approximate surface area is 76.6 Å². The fourth-order valence-electron chi connectivity index (χ4n) is 1.96. The molecule has 13 heavy (non-hydrogen) atoms. The van der Waals surface area contributed by atoms with Crippen LogP contribution < -0.4 is 0 Å². The average molecular weight is 170 g/mol. The number of nitrogens with zero attached hydrogens (tertiary/aromatic N) is 1. The summed E-state index contributed by atoms with van der Waals surface area (Å²) < 4.78 is 0. The molecule has 2 aromatic rings. The van der Waals surface area contributed by atoms with Crippen LogP contribution >= 0.6 is 0 Å². The van der Waals surface area contributed by atoms with Gasteiger partial charge in [0, 0.05) is 17.5 Å². The second-order valence-electron chi connectivity index (χ2n) is 3.61. The third-order valence-corrected chi connectivity index (χ3v) is 2.63. The van der Waals surface area contributed by atoms with Gasteiger partial charge in [0.1, 0.15) is 0 Å². The van der Waals surface area contributed by atoms with Crippen LogP contribution in [0.15, 0.2) is 24.4 Å². The first-order valence-corrected chi connectivity index (χ1v) is 4.47. The summed E-state index contributed by atoms with van der Waals surface area (Å²) in [5.41, 5.74) is 6.57. The number of H-pyrrole nitrogens is 1. The fourth-order valence-corrected chi connectivity index (χ4v) is 1.96. The molecule has 0 saturated heterocycles. The number of benzene rings is 1.